The molecular formula is C17H23N3O4. The highest BCUT2D eigenvalue weighted by molar-refractivity contribution is 5.85. The lowest BCUT2D eigenvalue weighted by atomic mass is 10.0. The predicted octanol–water partition coefficient (Wildman–Crippen LogP) is 2.15. The van der Waals surface area contributed by atoms with Gasteiger partial charge in [-0.3, -0.25) is 20.2 Å². The number of likely N-dealkylation sites (N-methyl/N-ethyl adjacent to an activating group) is 1. The van der Waals surface area contributed by atoms with Crippen LogP contribution in [0.5, 0.6) is 5.75 Å². The number of nitro groups is 1. The van der Waals surface area contributed by atoms with Gasteiger partial charge in [-0.05, 0) is 50.2 Å². The van der Waals surface area contributed by atoms with Crippen molar-refractivity contribution >= 4 is 11.6 Å². The molecule has 0 radical (unpaired) electrons. The number of amides is 1. The third kappa shape index (κ3) is 2.62. The average molecular weight is 333 g/mol. The highest BCUT2D eigenvalue weighted by Gasteiger charge is 2.49. The van der Waals surface area contributed by atoms with Gasteiger partial charge in [0.05, 0.1) is 23.7 Å². The first-order valence-electron chi connectivity index (χ1n) is 8.25. The van der Waals surface area contributed by atoms with Crippen molar-refractivity contribution in [3.8, 4) is 5.75 Å². The monoisotopic (exact) mass is 333 g/mol. The summed E-state index contributed by atoms with van der Waals surface area (Å²) < 4.78 is 5.14. The summed E-state index contributed by atoms with van der Waals surface area (Å²) in [4.78, 5) is 25.3. The number of nitro benzene ring substituents is 1. The van der Waals surface area contributed by atoms with E-state index in [0.717, 1.165) is 31.2 Å². The Hall–Kier alpha value is -2.15. The standard InChI is InChI=1S/C17H23N3O4/c1-11-8-12(10-14(20(22)23)15(11)24-3)9-13-16(21)19(2)17(18-13)6-4-5-7-17/h8,10,13,18H,4-7,9H2,1-3H3/t13-/m0/s1. The summed E-state index contributed by atoms with van der Waals surface area (Å²) in [6.07, 6.45) is 4.60. The Balaban J connectivity index is 1.86. The van der Waals surface area contributed by atoms with Gasteiger partial charge in [0, 0.05) is 13.1 Å². The summed E-state index contributed by atoms with van der Waals surface area (Å²) in [6.45, 7) is 1.78. The molecule has 7 heteroatoms. The molecule has 1 saturated heterocycles. The highest BCUT2D eigenvalue weighted by Crippen LogP contribution is 2.38. The molecule has 3 rings (SSSR count). The quantitative estimate of drug-likeness (QED) is 0.674. The fraction of sp³-hybridized carbons (Fsp3) is 0.588. The van der Waals surface area contributed by atoms with E-state index in [1.54, 1.807) is 6.92 Å². The number of methoxy groups -OCH3 is 1. The van der Waals surface area contributed by atoms with Gasteiger partial charge in [0.15, 0.2) is 5.75 Å². The van der Waals surface area contributed by atoms with Crippen molar-refractivity contribution in [2.75, 3.05) is 14.2 Å². The molecule has 0 unspecified atom stereocenters. The first-order valence-corrected chi connectivity index (χ1v) is 8.25. The van der Waals surface area contributed by atoms with Gasteiger partial charge in [0.2, 0.25) is 5.91 Å². The van der Waals surface area contributed by atoms with Gasteiger partial charge in [0.25, 0.3) is 0 Å². The van der Waals surface area contributed by atoms with Crippen molar-refractivity contribution < 1.29 is 14.5 Å². The molecule has 2 aliphatic rings. The van der Waals surface area contributed by atoms with E-state index >= 15 is 0 Å². The molecule has 1 N–H and O–H groups in total. The first-order chi connectivity index (χ1) is 11.4. The summed E-state index contributed by atoms with van der Waals surface area (Å²) >= 11 is 0. The van der Waals surface area contributed by atoms with Gasteiger partial charge < -0.3 is 9.64 Å². The van der Waals surface area contributed by atoms with Crippen LogP contribution >= 0.6 is 0 Å². The molecule has 2 fully saturated rings. The molecule has 0 aromatic heterocycles. The van der Waals surface area contributed by atoms with Gasteiger partial charge in [-0.2, -0.15) is 0 Å². The lowest BCUT2D eigenvalue weighted by Crippen LogP contribution is -2.48. The molecule has 1 aliphatic heterocycles. The number of rotatable bonds is 4. The van der Waals surface area contributed by atoms with E-state index in [-0.39, 0.29) is 29.0 Å². The Bertz CT molecular complexity index is 683. The van der Waals surface area contributed by atoms with E-state index in [1.807, 2.05) is 18.0 Å². The van der Waals surface area contributed by atoms with Gasteiger partial charge in [-0.25, -0.2) is 0 Å². The summed E-state index contributed by atoms with van der Waals surface area (Å²) in [5.74, 6) is 0.340. The van der Waals surface area contributed by atoms with E-state index in [9.17, 15) is 14.9 Å². The zero-order valence-corrected chi connectivity index (χ0v) is 14.3. The molecule has 1 aliphatic carbocycles. The molecule has 1 atom stereocenters. The SMILES string of the molecule is COc1c(C)cc(C[C@@H]2NC3(CCCC3)N(C)C2=O)cc1[N+](=O)[O-]. The van der Waals surface area contributed by atoms with Crippen LogP contribution in [-0.2, 0) is 11.2 Å². The predicted molar refractivity (Wildman–Crippen MR) is 89.0 cm³/mol. The molecule has 130 valence electrons. The Morgan fingerprint density at radius 2 is 2.08 bits per heavy atom. The van der Waals surface area contributed by atoms with Crippen molar-refractivity contribution in [1.82, 2.24) is 10.2 Å². The maximum atomic E-state index is 12.6. The van der Waals surface area contributed by atoms with Crippen molar-refractivity contribution in [2.24, 2.45) is 0 Å². The van der Waals surface area contributed by atoms with E-state index in [0.29, 0.717) is 12.0 Å². The van der Waals surface area contributed by atoms with Crippen molar-refractivity contribution in [1.29, 1.82) is 0 Å². The fourth-order valence-corrected chi connectivity index (χ4v) is 4.09. The topological polar surface area (TPSA) is 84.7 Å². The minimum Gasteiger partial charge on any atom is -0.490 e. The number of nitrogens with zero attached hydrogens (tertiary/aromatic N) is 2. The van der Waals surface area contributed by atoms with Crippen LogP contribution in [0.3, 0.4) is 0 Å². The van der Waals surface area contributed by atoms with E-state index in [2.05, 4.69) is 5.32 Å². The zero-order chi connectivity index (χ0) is 17.5. The average Bonchev–Trinajstić information content (AvgIpc) is 3.09. The normalized spacial score (nSPS) is 22.4. The number of hydrogen-bond acceptors (Lipinski definition) is 5. The lowest BCUT2D eigenvalue weighted by molar-refractivity contribution is -0.385. The van der Waals surface area contributed by atoms with Crippen molar-refractivity contribution in [3.63, 3.8) is 0 Å². The van der Waals surface area contributed by atoms with Crippen molar-refractivity contribution in [2.45, 2.75) is 50.7 Å². The Morgan fingerprint density at radius 1 is 1.42 bits per heavy atom. The van der Waals surface area contributed by atoms with Crippen LogP contribution in [0.25, 0.3) is 0 Å². The molecule has 1 aromatic rings. The lowest BCUT2D eigenvalue weighted by Gasteiger charge is -2.31. The maximum absolute atomic E-state index is 12.6. The number of carbonyl (C=O) groups is 1. The number of benzene rings is 1. The van der Waals surface area contributed by atoms with Crippen LogP contribution in [0.4, 0.5) is 5.69 Å². The number of carbonyl (C=O) groups excluding carboxylic acids is 1. The summed E-state index contributed by atoms with van der Waals surface area (Å²) in [7, 11) is 3.28. The molecular weight excluding hydrogens is 310 g/mol. The van der Waals surface area contributed by atoms with Crippen LogP contribution in [0.2, 0.25) is 0 Å². The zero-order valence-electron chi connectivity index (χ0n) is 14.3. The number of nitrogens with one attached hydrogen (secondary N) is 1. The van der Waals surface area contributed by atoms with E-state index in [1.165, 1.54) is 13.2 Å². The fourth-order valence-electron chi connectivity index (χ4n) is 4.09. The van der Waals surface area contributed by atoms with Crippen LogP contribution in [0, 0.1) is 17.0 Å². The summed E-state index contributed by atoms with van der Waals surface area (Å²) in [6, 6.07) is 3.04. The number of hydrogen-bond donors (Lipinski definition) is 1. The van der Waals surface area contributed by atoms with Crippen LogP contribution in [0.1, 0.15) is 36.8 Å². The molecule has 1 amide bonds. The Kier molecular flexibility index (Phi) is 4.21. The number of ether oxygens (including phenoxy) is 1. The van der Waals surface area contributed by atoms with Gasteiger partial charge in [-0.1, -0.05) is 6.07 Å². The molecule has 0 bridgehead atoms. The minimum atomic E-state index is -0.441. The smallest absolute Gasteiger partial charge is 0.311 e. The molecule has 24 heavy (non-hydrogen) atoms. The first kappa shape index (κ1) is 16.7. The molecule has 1 saturated carbocycles. The van der Waals surface area contributed by atoms with Crippen LogP contribution < -0.4 is 10.1 Å². The second-order valence-corrected chi connectivity index (χ2v) is 6.76. The molecule has 7 nitrogen and oxygen atoms in total. The van der Waals surface area contributed by atoms with Crippen LogP contribution in [-0.4, -0.2) is 41.6 Å². The second-order valence-electron chi connectivity index (χ2n) is 6.76. The summed E-state index contributed by atoms with van der Waals surface area (Å²) in [5, 5.41) is 14.8. The second kappa shape index (κ2) is 6.05. The van der Waals surface area contributed by atoms with Gasteiger partial charge in [-0.15, -0.1) is 0 Å². The van der Waals surface area contributed by atoms with Crippen LogP contribution in [0.15, 0.2) is 12.1 Å². The van der Waals surface area contributed by atoms with Gasteiger partial charge >= 0.3 is 5.69 Å². The molecule has 1 aromatic carbocycles. The highest BCUT2D eigenvalue weighted by atomic mass is 16.6. The summed E-state index contributed by atoms with van der Waals surface area (Å²) in [5.41, 5.74) is 1.20. The maximum Gasteiger partial charge on any atom is 0.311 e. The van der Waals surface area contributed by atoms with E-state index < -0.39 is 4.92 Å². The molecule has 1 spiro atoms. The Labute approximate surface area is 141 Å². The molecule has 1 heterocycles. The van der Waals surface area contributed by atoms with Crippen molar-refractivity contribution in [3.05, 3.63) is 33.4 Å². The Morgan fingerprint density at radius 3 is 2.67 bits per heavy atom. The third-order valence-corrected chi connectivity index (χ3v) is 5.30. The third-order valence-electron chi connectivity index (χ3n) is 5.30. The van der Waals surface area contributed by atoms with E-state index in [4.69, 9.17) is 4.74 Å². The number of aryl methyl sites for hydroxylation is 1. The van der Waals surface area contributed by atoms with Gasteiger partial charge in [0.1, 0.15) is 0 Å². The minimum absolute atomic E-state index is 0.0538. The largest absolute Gasteiger partial charge is 0.490 e.